The first kappa shape index (κ1) is 12.3. The normalized spacial score (nSPS) is 16.2. The number of fused-ring (bicyclic) bond motifs is 3. The zero-order valence-corrected chi connectivity index (χ0v) is 14.5. The molecule has 2 aromatic rings. The Morgan fingerprint density at radius 3 is 1.50 bits per heavy atom. The van der Waals surface area contributed by atoms with E-state index in [9.17, 15) is 0 Å². The molecule has 1 heteroatoms. The van der Waals surface area contributed by atoms with E-state index in [2.05, 4.69) is 70.3 Å². The Labute approximate surface area is 114 Å². The molecule has 0 unspecified atom stereocenters. The summed E-state index contributed by atoms with van der Waals surface area (Å²) in [6.07, 6.45) is 0. The average molecular weight is 343 g/mol. The monoisotopic (exact) mass is 344 g/mol. The van der Waals surface area contributed by atoms with Gasteiger partial charge in [-0.3, -0.25) is 0 Å². The molecular formula is C17H20Sn. The van der Waals surface area contributed by atoms with Crippen LogP contribution in [-0.4, -0.2) is 18.4 Å². The number of hydrogen-bond donors (Lipinski definition) is 0. The number of rotatable bonds is 1. The summed E-state index contributed by atoms with van der Waals surface area (Å²) in [7, 11) is 0. The molecule has 0 amide bonds. The van der Waals surface area contributed by atoms with Crippen molar-refractivity contribution >= 4 is 18.4 Å². The van der Waals surface area contributed by atoms with E-state index in [4.69, 9.17) is 0 Å². The third-order valence-corrected chi connectivity index (χ3v) is 14.8. The van der Waals surface area contributed by atoms with Crippen LogP contribution in [0.4, 0.5) is 0 Å². The molecular weight excluding hydrogens is 323 g/mol. The van der Waals surface area contributed by atoms with Gasteiger partial charge in [-0.1, -0.05) is 0 Å². The van der Waals surface area contributed by atoms with E-state index in [1.807, 2.05) is 0 Å². The Morgan fingerprint density at radius 1 is 0.722 bits per heavy atom. The second-order valence-electron chi connectivity index (χ2n) is 6.47. The van der Waals surface area contributed by atoms with Gasteiger partial charge < -0.3 is 0 Å². The molecule has 3 rings (SSSR count). The summed E-state index contributed by atoms with van der Waals surface area (Å²) in [6.45, 7) is 2.48. The predicted octanol–water partition coefficient (Wildman–Crippen LogP) is 4.85. The molecule has 1 aliphatic rings. The van der Waals surface area contributed by atoms with Gasteiger partial charge in [-0.15, -0.1) is 0 Å². The average Bonchev–Trinajstić information content (AvgIpc) is 2.62. The molecule has 0 spiro atoms. The van der Waals surface area contributed by atoms with Crippen LogP contribution in [0.1, 0.15) is 18.1 Å². The Kier molecular flexibility index (Phi) is 2.64. The van der Waals surface area contributed by atoms with Crippen LogP contribution in [-0.2, 0) is 3.43 Å². The van der Waals surface area contributed by atoms with E-state index in [-0.39, 0.29) is 0 Å². The Balaban J connectivity index is 2.41. The molecule has 0 aliphatic heterocycles. The minimum absolute atomic E-state index is 0.307. The summed E-state index contributed by atoms with van der Waals surface area (Å²) in [5, 5.41) is 0. The van der Waals surface area contributed by atoms with Crippen molar-refractivity contribution in [3.8, 4) is 11.1 Å². The quantitative estimate of drug-likeness (QED) is 0.650. The van der Waals surface area contributed by atoms with Crippen molar-refractivity contribution in [2.24, 2.45) is 0 Å². The maximum absolute atomic E-state index is 2.55. The first-order valence-electron chi connectivity index (χ1n) is 6.65. The van der Waals surface area contributed by atoms with E-state index >= 15 is 0 Å². The van der Waals surface area contributed by atoms with Gasteiger partial charge in [-0.25, -0.2) is 0 Å². The Bertz CT molecular complexity index is 560. The molecule has 0 aromatic heterocycles. The van der Waals surface area contributed by atoms with Crippen LogP contribution in [0.3, 0.4) is 0 Å². The van der Waals surface area contributed by atoms with E-state index in [1.165, 1.54) is 11.1 Å². The fourth-order valence-corrected chi connectivity index (χ4v) is 9.12. The van der Waals surface area contributed by atoms with Crippen molar-refractivity contribution in [2.45, 2.75) is 25.2 Å². The molecule has 18 heavy (non-hydrogen) atoms. The van der Waals surface area contributed by atoms with Gasteiger partial charge in [0.1, 0.15) is 0 Å². The summed E-state index contributed by atoms with van der Waals surface area (Å²) in [6, 6.07) is 18.0. The summed E-state index contributed by atoms with van der Waals surface area (Å²) in [4.78, 5) is 7.65. The van der Waals surface area contributed by atoms with Gasteiger partial charge in [-0.05, 0) is 0 Å². The SMILES string of the molecule is C[C]1([Sn]([CH3])([CH3])[CH3])c2ccccc2-c2ccccc21. The van der Waals surface area contributed by atoms with Gasteiger partial charge in [-0.2, -0.15) is 0 Å². The molecule has 0 saturated carbocycles. The molecule has 0 heterocycles. The molecule has 0 radical (unpaired) electrons. The standard InChI is InChI=1S/C14H11.3CH3.Sn/c1-10-11-6-2-4-8-13(11)14-9-5-3-7-12(10)14;;;;/h2-9H,1H3;3*1H3;. The van der Waals surface area contributed by atoms with Crippen molar-refractivity contribution in [1.29, 1.82) is 0 Å². The molecule has 0 bridgehead atoms. The summed E-state index contributed by atoms with van der Waals surface area (Å²) in [5.74, 6) is 0. The van der Waals surface area contributed by atoms with Crippen LogP contribution < -0.4 is 0 Å². The molecule has 2 aromatic carbocycles. The number of hydrogen-bond acceptors (Lipinski definition) is 0. The molecule has 92 valence electrons. The second-order valence-corrected chi connectivity index (χ2v) is 22.2. The third kappa shape index (κ3) is 1.45. The molecule has 0 atom stereocenters. The fraction of sp³-hybridized carbons (Fsp3) is 0.294. The Hall–Kier alpha value is -0.761. The second kappa shape index (κ2) is 3.86. The van der Waals surface area contributed by atoms with Crippen LogP contribution in [0.2, 0.25) is 14.8 Å². The van der Waals surface area contributed by atoms with Gasteiger partial charge in [0.15, 0.2) is 0 Å². The van der Waals surface area contributed by atoms with Crippen molar-refractivity contribution < 1.29 is 0 Å². The van der Waals surface area contributed by atoms with Crippen molar-refractivity contribution in [2.75, 3.05) is 0 Å². The summed E-state index contributed by atoms with van der Waals surface area (Å²) in [5.41, 5.74) is 6.05. The zero-order valence-electron chi connectivity index (χ0n) is 11.6. The molecule has 0 N–H and O–H groups in total. The van der Waals surface area contributed by atoms with Crippen LogP contribution >= 0.6 is 0 Å². The van der Waals surface area contributed by atoms with Gasteiger partial charge in [0.2, 0.25) is 0 Å². The van der Waals surface area contributed by atoms with Gasteiger partial charge in [0.05, 0.1) is 0 Å². The third-order valence-electron chi connectivity index (χ3n) is 4.72. The van der Waals surface area contributed by atoms with Crippen LogP contribution in [0.5, 0.6) is 0 Å². The van der Waals surface area contributed by atoms with Crippen LogP contribution in [0.15, 0.2) is 48.5 Å². The Morgan fingerprint density at radius 2 is 1.11 bits per heavy atom. The van der Waals surface area contributed by atoms with Crippen molar-refractivity contribution in [3.63, 3.8) is 0 Å². The zero-order chi connectivity index (χ0) is 13.0. The van der Waals surface area contributed by atoms with Crippen LogP contribution in [0.25, 0.3) is 11.1 Å². The summed E-state index contributed by atoms with van der Waals surface area (Å²) >= 11 is -2.15. The molecule has 0 nitrogen and oxygen atoms in total. The molecule has 0 saturated heterocycles. The molecule has 1 aliphatic carbocycles. The van der Waals surface area contributed by atoms with Crippen molar-refractivity contribution in [3.05, 3.63) is 59.7 Å². The van der Waals surface area contributed by atoms with E-state index in [1.54, 1.807) is 11.1 Å². The fourth-order valence-electron chi connectivity index (χ4n) is 3.26. The molecule has 0 fully saturated rings. The van der Waals surface area contributed by atoms with Crippen molar-refractivity contribution in [1.82, 2.24) is 0 Å². The van der Waals surface area contributed by atoms with Gasteiger partial charge >= 0.3 is 114 Å². The minimum atomic E-state index is -2.15. The first-order chi connectivity index (χ1) is 8.46. The van der Waals surface area contributed by atoms with E-state index in [0.717, 1.165) is 0 Å². The first-order valence-corrected chi connectivity index (χ1v) is 16.6. The maximum atomic E-state index is 2.55. The predicted molar refractivity (Wildman–Crippen MR) is 81.7 cm³/mol. The topological polar surface area (TPSA) is 0 Å². The van der Waals surface area contributed by atoms with E-state index in [0.29, 0.717) is 3.43 Å². The van der Waals surface area contributed by atoms with Gasteiger partial charge in [0, 0.05) is 0 Å². The van der Waals surface area contributed by atoms with Gasteiger partial charge in [0.25, 0.3) is 0 Å². The van der Waals surface area contributed by atoms with Crippen LogP contribution in [0, 0.1) is 0 Å². The van der Waals surface area contributed by atoms with E-state index < -0.39 is 18.4 Å². The number of benzene rings is 2. The summed E-state index contributed by atoms with van der Waals surface area (Å²) < 4.78 is 0.307.